The molecule has 0 aliphatic heterocycles. The first-order valence-electron chi connectivity index (χ1n) is 29.2. The van der Waals surface area contributed by atoms with Gasteiger partial charge in [0.15, 0.2) is 11.6 Å². The van der Waals surface area contributed by atoms with E-state index in [0.29, 0.717) is 16.6 Å². The first-order valence-corrected chi connectivity index (χ1v) is 44.8. The van der Waals surface area contributed by atoms with Crippen LogP contribution in [0.5, 0.6) is 0 Å². The third-order valence-corrected chi connectivity index (χ3v) is 13.5. The van der Waals surface area contributed by atoms with E-state index < -0.39 is 35.2 Å². The summed E-state index contributed by atoms with van der Waals surface area (Å²) in [7, 11) is 19.8. The summed E-state index contributed by atoms with van der Waals surface area (Å²) in [6, 6.07) is 85.0. The summed E-state index contributed by atoms with van der Waals surface area (Å²) < 4.78 is 0. The molecule has 13 aromatic rings. The number of aromatic nitrogens is 3. The summed E-state index contributed by atoms with van der Waals surface area (Å²) in [6.07, 6.45) is 0. The molecule has 0 radical (unpaired) electrons. The van der Waals surface area contributed by atoms with E-state index in [2.05, 4.69) is 81.3 Å². The fourth-order valence-electron chi connectivity index (χ4n) is 8.99. The molecule has 3 aromatic heterocycles. The molecule has 0 unspecified atom stereocenters. The van der Waals surface area contributed by atoms with Crippen LogP contribution in [0, 0.1) is 44.2 Å². The van der Waals surface area contributed by atoms with E-state index in [1.54, 1.807) is 38.1 Å². The number of rotatable bonds is 10. The van der Waals surface area contributed by atoms with E-state index >= 15 is 0 Å². The summed E-state index contributed by atoms with van der Waals surface area (Å²) in [5.41, 5.74) is 19.1. The van der Waals surface area contributed by atoms with Gasteiger partial charge in [0.2, 0.25) is 0 Å². The Labute approximate surface area is 593 Å². The fraction of sp³-hybridized carbons (Fsp3) is 0.0685. The molecule has 0 aliphatic carbocycles. The molecule has 18 nitrogen and oxygen atoms in total. The van der Waals surface area contributed by atoms with Gasteiger partial charge in [0.1, 0.15) is 11.2 Å². The average Bonchev–Trinajstić information content (AvgIpc) is 1.73. The number of nitrogens with two attached hydrogens (primary N) is 2. The molecule has 13 rings (SSSR count). The predicted molar refractivity (Wildman–Crippen MR) is 392 cm³/mol. The van der Waals surface area contributed by atoms with Gasteiger partial charge in [-0.05, 0) is 104 Å². The molecular weight excluding hydrogens is 1420 g/mol. The van der Waals surface area contributed by atoms with Crippen molar-refractivity contribution >= 4 is 111 Å². The van der Waals surface area contributed by atoms with Crippen LogP contribution in [-0.4, -0.2) is 41.3 Å². The van der Waals surface area contributed by atoms with Crippen molar-refractivity contribution in [3.05, 3.63) is 326 Å². The Morgan fingerprint density at radius 2 is 0.794 bits per heavy atom. The van der Waals surface area contributed by atoms with Crippen LogP contribution in [0.15, 0.2) is 273 Å². The number of aromatic amines is 3. The van der Waals surface area contributed by atoms with Gasteiger partial charge in [-0.15, -0.1) is 0 Å². The zero-order valence-electron chi connectivity index (χ0n) is 52.7. The number of carbonyl (C=O) groups excluding carboxylic acids is 2. The van der Waals surface area contributed by atoms with Crippen LogP contribution in [0.3, 0.4) is 0 Å². The molecular formula is C73H70Cl4N10O8Zn2. The number of benzene rings is 10. The van der Waals surface area contributed by atoms with Crippen LogP contribution in [0.2, 0.25) is 0 Å². The van der Waals surface area contributed by atoms with Crippen LogP contribution >= 0.6 is 38.8 Å². The number of nitro benzene ring substituents is 3. The molecule has 10 aromatic carbocycles. The number of hydrogen-bond acceptors (Lipinski definition) is 12. The maximum absolute atomic E-state index is 11.0. The van der Waals surface area contributed by atoms with Crippen LogP contribution in [0.1, 0.15) is 53.1 Å². The summed E-state index contributed by atoms with van der Waals surface area (Å²) in [6.45, 7) is 7.27. The fourth-order valence-corrected chi connectivity index (χ4v) is 8.99. The van der Waals surface area contributed by atoms with Gasteiger partial charge in [-0.2, -0.15) is 0 Å². The standard InChI is InChI=1S/C15H13N.2C14H10N2O2.2C8H8O.C7H10N2.C6H7N3O2.CH4.4ClH.2Zn/c1-11-7-8-13-10-15(16-14(13)9-11)12-5-3-2-4-6-12;17-16(18)14-8-4-7-12-11(14)9-13(15-12)10-5-2-1-3-6-10;17-16(18)13-8-4-7-11-9-12(15-14(11)13)10-5-2-1-3-6-10;2*1-7(9)8-5-3-2-4-6-8;1-6-3-2-4-7(5-6)9-8;7-8-5-3-1-2-4-6(5)9(10)11;;;;;;;/h2-10,16H,1H3;2*1-9,15H;2*2-6H,1H3;2-5,9H,8H2,1H3;1-4,8H,7H2;1H4;4*1H;;/q;;;;;;;;;;;;2*+2/p-4. The number of fused-ring (bicyclic) bond motifs is 3. The number of nitro groups is 3. The molecule has 97 heavy (non-hydrogen) atoms. The zero-order chi connectivity index (χ0) is 69.8. The van der Waals surface area contributed by atoms with Crippen molar-refractivity contribution in [3.8, 4) is 33.8 Å². The molecule has 0 saturated heterocycles. The Hall–Kier alpha value is -9.71. The first-order chi connectivity index (χ1) is 46.4. The molecule has 0 bridgehead atoms. The number of halogens is 4. The number of nitrogen functional groups attached to an aromatic ring is 2. The molecule has 0 aliphatic rings. The van der Waals surface area contributed by atoms with Gasteiger partial charge in [-0.25, -0.2) is 0 Å². The molecule has 0 spiro atoms. The number of nitrogens with one attached hydrogen (secondary N) is 5. The molecule has 492 valence electrons. The molecule has 3 heterocycles. The summed E-state index contributed by atoms with van der Waals surface area (Å²) in [4.78, 5) is 62.0. The van der Waals surface area contributed by atoms with Gasteiger partial charge in [-0.1, -0.05) is 214 Å². The number of non-ortho nitro benzene ring substituents is 2. The molecule has 0 saturated carbocycles. The number of anilines is 2. The van der Waals surface area contributed by atoms with Gasteiger partial charge in [0, 0.05) is 68.4 Å². The Kier molecular flexibility index (Phi) is 35.7. The summed E-state index contributed by atoms with van der Waals surface area (Å²) in [5.74, 6) is 10.4. The number of Topliss-reactive ketones (excluding diaryl/α,β-unsaturated/α-hetero) is 2. The van der Waals surface area contributed by atoms with Gasteiger partial charge < -0.3 is 25.8 Å². The number of nitrogens with zero attached hydrogens (tertiary/aromatic N) is 3. The summed E-state index contributed by atoms with van der Waals surface area (Å²) in [5, 5.41) is 34.9. The topological polar surface area (TPSA) is 287 Å². The number of aryl methyl sites for hydroxylation is 2. The molecule has 9 N–H and O–H groups in total. The Balaban J connectivity index is 0.000000241. The van der Waals surface area contributed by atoms with Crippen LogP contribution < -0.4 is 22.5 Å². The SMILES string of the molecule is C.CC(=O)c1ccccc1.CC(=O)c1ccccc1.Cc1ccc2cc(-c3ccccc3)[nH]c2c1.Cc1cccc(NN)c1.NNc1ccccc1[N+](=O)[O-].O=[N+]([O-])c1cccc2[nH]c(-c3ccccc3)cc12.O=[N+]([O-])c1cccc2cc(-c3ccccc3)[nH]c12.[Cl][Zn][Cl].[Cl][Zn][Cl]. The molecule has 0 fully saturated rings. The molecule has 0 atom stereocenters. The van der Waals surface area contributed by atoms with Gasteiger partial charge in [0.05, 0.1) is 25.7 Å². The van der Waals surface area contributed by atoms with E-state index in [1.165, 1.54) is 57.6 Å². The minimum atomic E-state index is -0.931. The predicted octanol–water partition coefficient (Wildman–Crippen LogP) is 21.0. The number of hydrogen-bond donors (Lipinski definition) is 7. The minimum absolute atomic E-state index is 0. The first kappa shape index (κ1) is 79.7. The van der Waals surface area contributed by atoms with Crippen LogP contribution in [-0.2, 0) is 30.3 Å². The van der Waals surface area contributed by atoms with Crippen molar-refractivity contribution in [2.75, 3.05) is 10.9 Å². The number of hydrazine groups is 2. The quantitative estimate of drug-likeness (QED) is 0.0221. The van der Waals surface area contributed by atoms with Crippen molar-refractivity contribution < 1.29 is 54.6 Å². The number of carbonyl (C=O) groups is 2. The third kappa shape index (κ3) is 26.4. The second-order valence-electron chi connectivity index (χ2n) is 20.2. The maximum atomic E-state index is 11.0. The van der Waals surface area contributed by atoms with E-state index in [9.17, 15) is 39.9 Å². The number of ketones is 2. The van der Waals surface area contributed by atoms with E-state index in [0.717, 1.165) is 50.2 Å². The van der Waals surface area contributed by atoms with Crippen molar-refractivity contribution in [1.29, 1.82) is 0 Å². The van der Waals surface area contributed by atoms with Crippen molar-refractivity contribution in [1.82, 2.24) is 15.0 Å². The molecule has 0 amide bonds. The van der Waals surface area contributed by atoms with Crippen molar-refractivity contribution in [2.24, 2.45) is 11.7 Å². The van der Waals surface area contributed by atoms with Crippen molar-refractivity contribution in [3.63, 3.8) is 0 Å². The average molecular weight is 1490 g/mol. The molecule has 24 heteroatoms. The van der Waals surface area contributed by atoms with E-state index in [1.807, 2.05) is 183 Å². The number of para-hydroxylation sites is 3. The third-order valence-electron chi connectivity index (χ3n) is 13.5. The van der Waals surface area contributed by atoms with E-state index in [4.69, 9.17) is 50.4 Å². The van der Waals surface area contributed by atoms with E-state index in [-0.39, 0.29) is 45.9 Å². The second kappa shape index (κ2) is 43.4. The zero-order valence-corrected chi connectivity index (χ0v) is 61.6. The Morgan fingerprint density at radius 3 is 1.23 bits per heavy atom. The van der Waals surface area contributed by atoms with Gasteiger partial charge in [-0.3, -0.25) is 51.6 Å². The van der Waals surface area contributed by atoms with Crippen LogP contribution in [0.25, 0.3) is 66.5 Å². The second-order valence-corrected chi connectivity index (χ2v) is 29.5. The summed E-state index contributed by atoms with van der Waals surface area (Å²) >= 11 is -1.86. The van der Waals surface area contributed by atoms with Crippen molar-refractivity contribution in [2.45, 2.75) is 35.1 Å². The monoisotopic (exact) mass is 1480 g/mol. The Bertz CT molecular complexity index is 4360. The normalized spacial score (nSPS) is 9.51. The van der Waals surface area contributed by atoms with Gasteiger partial charge >= 0.3 is 69.1 Å². The van der Waals surface area contributed by atoms with Gasteiger partial charge in [0.25, 0.3) is 17.1 Å². The Morgan fingerprint density at radius 1 is 0.402 bits per heavy atom. The van der Waals surface area contributed by atoms with Crippen LogP contribution in [0.4, 0.5) is 28.4 Å². The number of H-pyrrole nitrogens is 3.